The Balaban J connectivity index is 2.00. The summed E-state index contributed by atoms with van der Waals surface area (Å²) in [5, 5.41) is 8.67. The molecule has 106 valence electrons. The topological polar surface area (TPSA) is 84.2 Å². The van der Waals surface area contributed by atoms with Crippen LogP contribution in [0.1, 0.15) is 28.8 Å². The van der Waals surface area contributed by atoms with E-state index in [1.807, 2.05) is 6.07 Å². The van der Waals surface area contributed by atoms with Crippen LogP contribution in [0.5, 0.6) is 0 Å². The number of hydrogen-bond acceptors (Lipinski definition) is 5. The summed E-state index contributed by atoms with van der Waals surface area (Å²) in [6.45, 7) is 0.587. The Bertz CT molecular complexity index is 622. The first kappa shape index (κ1) is 14.7. The number of carbonyl (C=O) groups is 1. The van der Waals surface area contributed by atoms with Crippen LogP contribution in [0.15, 0.2) is 24.3 Å². The third kappa shape index (κ3) is 3.89. The van der Waals surface area contributed by atoms with Gasteiger partial charge in [-0.25, -0.2) is 8.42 Å². The van der Waals surface area contributed by atoms with E-state index in [1.165, 1.54) is 24.3 Å². The van der Waals surface area contributed by atoms with Crippen molar-refractivity contribution < 1.29 is 17.9 Å². The maximum Gasteiger partial charge on any atom is 0.177 e. The zero-order valence-corrected chi connectivity index (χ0v) is 11.7. The second kappa shape index (κ2) is 6.16. The van der Waals surface area contributed by atoms with Crippen LogP contribution in [0.4, 0.5) is 0 Å². The molecule has 0 aliphatic carbocycles. The van der Waals surface area contributed by atoms with Gasteiger partial charge in [-0.15, -0.1) is 0 Å². The summed E-state index contributed by atoms with van der Waals surface area (Å²) in [6.07, 6.45) is 1.31. The van der Waals surface area contributed by atoms with Crippen molar-refractivity contribution in [1.82, 2.24) is 0 Å². The van der Waals surface area contributed by atoms with Crippen LogP contribution in [0.2, 0.25) is 0 Å². The minimum absolute atomic E-state index is 0.102. The number of hydrogen-bond donors (Lipinski definition) is 0. The highest BCUT2D eigenvalue weighted by Crippen LogP contribution is 2.15. The quantitative estimate of drug-likeness (QED) is 0.765. The first-order valence-corrected chi connectivity index (χ1v) is 8.18. The second-order valence-corrected chi connectivity index (χ2v) is 6.91. The number of nitrogens with zero attached hydrogens (tertiary/aromatic N) is 1. The molecule has 1 aliphatic heterocycles. The summed E-state index contributed by atoms with van der Waals surface area (Å²) in [5.74, 6) is -1.07. The number of Topliss-reactive ketones (excluding diaryl/α,β-unsaturated/α-hetero) is 1. The van der Waals surface area contributed by atoms with Gasteiger partial charge in [0.2, 0.25) is 0 Å². The third-order valence-electron chi connectivity index (χ3n) is 3.15. The highest BCUT2D eigenvalue weighted by atomic mass is 32.2. The van der Waals surface area contributed by atoms with E-state index in [-0.39, 0.29) is 11.9 Å². The molecule has 0 radical (unpaired) electrons. The second-order valence-electron chi connectivity index (χ2n) is 4.80. The molecule has 6 heteroatoms. The predicted molar refractivity (Wildman–Crippen MR) is 73.1 cm³/mol. The molecule has 0 N–H and O–H groups in total. The first-order valence-electron chi connectivity index (χ1n) is 6.35. The average molecular weight is 293 g/mol. The molecule has 5 nitrogen and oxygen atoms in total. The summed E-state index contributed by atoms with van der Waals surface area (Å²) in [4.78, 5) is 11.9. The van der Waals surface area contributed by atoms with Gasteiger partial charge in [-0.2, -0.15) is 5.26 Å². The molecular formula is C14H15NO4S. The molecular weight excluding hydrogens is 278 g/mol. The molecule has 0 spiro atoms. The van der Waals surface area contributed by atoms with Gasteiger partial charge in [-0.05, 0) is 25.0 Å². The number of ketones is 1. The highest BCUT2D eigenvalue weighted by Gasteiger charge is 2.25. The Morgan fingerprint density at radius 3 is 2.60 bits per heavy atom. The zero-order valence-electron chi connectivity index (χ0n) is 10.9. The van der Waals surface area contributed by atoms with E-state index in [1.54, 1.807) is 0 Å². The molecule has 1 saturated heterocycles. The molecule has 1 atom stereocenters. The Kier molecular flexibility index (Phi) is 4.53. The molecule has 2 rings (SSSR count). The van der Waals surface area contributed by atoms with Crippen LogP contribution in [0, 0.1) is 11.3 Å². The monoisotopic (exact) mass is 293 g/mol. The maximum atomic E-state index is 11.9. The summed E-state index contributed by atoms with van der Waals surface area (Å²) in [7, 11) is -3.47. The van der Waals surface area contributed by atoms with Gasteiger partial charge in [0.25, 0.3) is 0 Å². The van der Waals surface area contributed by atoms with Crippen molar-refractivity contribution >= 4 is 15.6 Å². The lowest BCUT2D eigenvalue weighted by atomic mass is 10.1. The van der Waals surface area contributed by atoms with Crippen molar-refractivity contribution in [3.63, 3.8) is 0 Å². The van der Waals surface area contributed by atoms with Crippen molar-refractivity contribution in [2.45, 2.75) is 18.9 Å². The van der Waals surface area contributed by atoms with Crippen LogP contribution in [0.25, 0.3) is 0 Å². The van der Waals surface area contributed by atoms with Crippen LogP contribution >= 0.6 is 0 Å². The Hall–Kier alpha value is -1.71. The molecule has 0 saturated carbocycles. The van der Waals surface area contributed by atoms with E-state index in [4.69, 9.17) is 10.00 Å². The fraction of sp³-hybridized carbons (Fsp3) is 0.429. The first-order chi connectivity index (χ1) is 9.50. The molecule has 0 aromatic heterocycles. The summed E-state index contributed by atoms with van der Waals surface area (Å²) in [6, 6.07) is 7.89. The minimum atomic E-state index is -3.47. The van der Waals surface area contributed by atoms with Crippen molar-refractivity contribution in [2.75, 3.05) is 18.1 Å². The molecule has 20 heavy (non-hydrogen) atoms. The van der Waals surface area contributed by atoms with E-state index >= 15 is 0 Å². The van der Waals surface area contributed by atoms with Gasteiger partial charge in [0, 0.05) is 12.2 Å². The fourth-order valence-electron chi connectivity index (χ4n) is 2.13. The Morgan fingerprint density at radius 1 is 1.35 bits per heavy atom. The van der Waals surface area contributed by atoms with Crippen LogP contribution in [0.3, 0.4) is 0 Å². The van der Waals surface area contributed by atoms with Crippen LogP contribution in [-0.2, 0) is 14.6 Å². The van der Waals surface area contributed by atoms with Crippen molar-refractivity contribution in [3.05, 3.63) is 35.4 Å². The van der Waals surface area contributed by atoms with E-state index < -0.39 is 21.4 Å². The van der Waals surface area contributed by atoms with Gasteiger partial charge in [-0.1, -0.05) is 12.1 Å². The van der Waals surface area contributed by atoms with E-state index in [9.17, 15) is 13.2 Å². The predicted octanol–water partition coefficient (Wildman–Crippen LogP) is 1.33. The zero-order chi connectivity index (χ0) is 14.6. The van der Waals surface area contributed by atoms with E-state index in [0.29, 0.717) is 17.7 Å². The molecule has 1 heterocycles. The fourth-order valence-corrected chi connectivity index (χ4v) is 3.64. The number of nitriles is 1. The molecule has 1 aromatic carbocycles. The van der Waals surface area contributed by atoms with E-state index in [2.05, 4.69) is 0 Å². The Labute approximate surface area is 118 Å². The smallest absolute Gasteiger partial charge is 0.177 e. The minimum Gasteiger partial charge on any atom is -0.377 e. The van der Waals surface area contributed by atoms with Crippen molar-refractivity contribution in [2.24, 2.45) is 0 Å². The molecule has 0 bridgehead atoms. The molecule has 0 amide bonds. The lowest BCUT2D eigenvalue weighted by Gasteiger charge is -2.09. The summed E-state index contributed by atoms with van der Waals surface area (Å²) >= 11 is 0. The normalized spacial score (nSPS) is 18.6. The van der Waals surface area contributed by atoms with Crippen LogP contribution in [-0.4, -0.2) is 38.4 Å². The lowest BCUT2D eigenvalue weighted by molar-refractivity contribution is 0.102. The van der Waals surface area contributed by atoms with Gasteiger partial charge in [0.15, 0.2) is 15.6 Å². The molecule has 1 fully saturated rings. The van der Waals surface area contributed by atoms with Gasteiger partial charge in [0.05, 0.1) is 23.5 Å². The Morgan fingerprint density at radius 2 is 2.05 bits per heavy atom. The van der Waals surface area contributed by atoms with Crippen LogP contribution < -0.4 is 0 Å². The summed E-state index contributed by atoms with van der Waals surface area (Å²) in [5.41, 5.74) is 0.740. The van der Waals surface area contributed by atoms with Crippen molar-refractivity contribution in [3.8, 4) is 6.07 Å². The number of carbonyl (C=O) groups excluding carboxylic acids is 1. The molecule has 1 aliphatic rings. The largest absolute Gasteiger partial charge is 0.377 e. The number of rotatable bonds is 5. The van der Waals surface area contributed by atoms with Gasteiger partial charge in [-0.3, -0.25) is 4.79 Å². The molecule has 1 aromatic rings. The number of benzene rings is 1. The van der Waals surface area contributed by atoms with Gasteiger partial charge in [0.1, 0.15) is 5.75 Å². The third-order valence-corrected chi connectivity index (χ3v) is 4.73. The maximum absolute atomic E-state index is 11.9. The van der Waals surface area contributed by atoms with Gasteiger partial charge >= 0.3 is 0 Å². The standard InChI is InChI=1S/C14H15NO4S/c15-8-11-3-5-12(6-4-11)14(16)10-20(17,18)9-13-2-1-7-19-13/h3-6,13H,1-2,7,9-10H2. The van der Waals surface area contributed by atoms with E-state index in [0.717, 1.165) is 12.8 Å². The number of sulfone groups is 1. The average Bonchev–Trinajstić information content (AvgIpc) is 2.90. The summed E-state index contributed by atoms with van der Waals surface area (Å²) < 4.78 is 29.2. The molecule has 1 unspecified atom stereocenters. The van der Waals surface area contributed by atoms with Crippen molar-refractivity contribution in [1.29, 1.82) is 5.26 Å². The SMILES string of the molecule is N#Cc1ccc(C(=O)CS(=O)(=O)CC2CCCO2)cc1. The number of ether oxygens (including phenoxy) is 1. The lowest BCUT2D eigenvalue weighted by Crippen LogP contribution is -2.26. The highest BCUT2D eigenvalue weighted by molar-refractivity contribution is 7.92. The van der Waals surface area contributed by atoms with Gasteiger partial charge < -0.3 is 4.74 Å².